The summed E-state index contributed by atoms with van der Waals surface area (Å²) in [5, 5.41) is 6.57. The fraction of sp³-hybridized carbons (Fsp3) is 0.500. The Kier molecular flexibility index (Phi) is 5.76. The Morgan fingerprint density at radius 3 is 2.70 bits per heavy atom. The largest absolute Gasteiger partial charge is 0.484 e. The zero-order valence-electron chi connectivity index (χ0n) is 17.5. The van der Waals surface area contributed by atoms with Gasteiger partial charge < -0.3 is 19.9 Å². The molecule has 2 aromatic rings. The minimum atomic E-state index is -0.399. The lowest BCUT2D eigenvalue weighted by molar-refractivity contribution is -0.136. The van der Waals surface area contributed by atoms with Crippen molar-refractivity contribution >= 4 is 11.8 Å². The summed E-state index contributed by atoms with van der Waals surface area (Å²) in [7, 11) is 0. The normalized spacial score (nSPS) is 20.1. The molecular weight excluding hydrogens is 382 g/mol. The summed E-state index contributed by atoms with van der Waals surface area (Å²) in [4.78, 5) is 34.9. The van der Waals surface area contributed by atoms with E-state index in [0.717, 1.165) is 11.4 Å². The summed E-state index contributed by atoms with van der Waals surface area (Å²) in [5.41, 5.74) is 1.58. The number of H-pyrrole nitrogens is 1. The Morgan fingerprint density at radius 2 is 2.00 bits per heavy atom. The number of ether oxygens (including phenoxy) is 1. The summed E-state index contributed by atoms with van der Waals surface area (Å²) in [6.45, 7) is 5.13. The van der Waals surface area contributed by atoms with Crippen LogP contribution in [0.5, 0.6) is 5.75 Å². The van der Waals surface area contributed by atoms with E-state index in [0.29, 0.717) is 38.1 Å². The van der Waals surface area contributed by atoms with Gasteiger partial charge >= 0.3 is 0 Å². The molecule has 2 aliphatic heterocycles. The van der Waals surface area contributed by atoms with E-state index in [4.69, 9.17) is 4.74 Å². The van der Waals surface area contributed by atoms with Gasteiger partial charge in [-0.15, -0.1) is 0 Å². The minimum absolute atomic E-state index is 0.000563. The zero-order chi connectivity index (χ0) is 21.1. The van der Waals surface area contributed by atoms with Gasteiger partial charge in [0, 0.05) is 31.2 Å². The molecule has 160 valence electrons. The highest BCUT2D eigenvalue weighted by molar-refractivity contribution is 5.83. The van der Waals surface area contributed by atoms with Crippen LogP contribution in [0.1, 0.15) is 38.1 Å². The standard InChI is InChI=1S/C22H29N5O3/c1-15(2)25-21(29)18-12-17-20(24-14-23-17)22(26-18)8-10-27(11-9-22)19(28)13-30-16-6-4-3-5-7-16/h3-7,14-15,18,26H,8-13H2,1-2H3,(H,23,24)(H,25,29)/t18-/m0/s1. The second-order valence-corrected chi connectivity index (χ2v) is 8.36. The molecule has 0 bridgehead atoms. The molecule has 1 atom stereocenters. The third-order valence-corrected chi connectivity index (χ3v) is 5.85. The van der Waals surface area contributed by atoms with Crippen molar-refractivity contribution in [2.45, 2.75) is 50.7 Å². The number of fused-ring (bicyclic) bond motifs is 2. The monoisotopic (exact) mass is 411 g/mol. The van der Waals surface area contributed by atoms with Gasteiger partial charge in [-0.3, -0.25) is 14.9 Å². The number of aromatic nitrogens is 2. The molecule has 2 aliphatic rings. The molecule has 1 saturated heterocycles. The van der Waals surface area contributed by atoms with E-state index in [9.17, 15) is 9.59 Å². The van der Waals surface area contributed by atoms with Crippen LogP contribution in [-0.4, -0.2) is 58.5 Å². The topological polar surface area (TPSA) is 99.4 Å². The number of carbonyl (C=O) groups is 2. The fourth-order valence-electron chi connectivity index (χ4n) is 4.36. The number of hydrogen-bond acceptors (Lipinski definition) is 5. The van der Waals surface area contributed by atoms with Crippen molar-refractivity contribution in [2.24, 2.45) is 0 Å². The molecule has 1 aromatic heterocycles. The summed E-state index contributed by atoms with van der Waals surface area (Å²) >= 11 is 0. The molecule has 3 N–H and O–H groups in total. The SMILES string of the molecule is CC(C)NC(=O)[C@@H]1Cc2[nH]cnc2C2(CCN(C(=O)COc3ccccc3)CC2)N1. The number of piperidine rings is 1. The lowest BCUT2D eigenvalue weighted by Gasteiger charge is -2.46. The van der Waals surface area contributed by atoms with Gasteiger partial charge in [-0.25, -0.2) is 4.98 Å². The molecule has 30 heavy (non-hydrogen) atoms. The van der Waals surface area contributed by atoms with Crippen molar-refractivity contribution < 1.29 is 14.3 Å². The van der Waals surface area contributed by atoms with E-state index in [1.165, 1.54) is 0 Å². The first kappa shape index (κ1) is 20.4. The van der Waals surface area contributed by atoms with Crippen LogP contribution in [0.4, 0.5) is 0 Å². The molecule has 8 heteroatoms. The van der Waals surface area contributed by atoms with E-state index >= 15 is 0 Å². The number of imidazole rings is 1. The van der Waals surface area contributed by atoms with E-state index in [-0.39, 0.29) is 30.5 Å². The number of likely N-dealkylation sites (tertiary alicyclic amines) is 1. The molecule has 2 amide bonds. The maximum Gasteiger partial charge on any atom is 0.260 e. The number of carbonyl (C=O) groups excluding carboxylic acids is 2. The number of nitrogens with one attached hydrogen (secondary N) is 3. The quantitative estimate of drug-likeness (QED) is 0.690. The summed E-state index contributed by atoms with van der Waals surface area (Å²) in [6, 6.07) is 9.12. The Labute approximate surface area is 176 Å². The van der Waals surface area contributed by atoms with Crippen LogP contribution in [0.25, 0.3) is 0 Å². The molecule has 0 radical (unpaired) electrons. The second kappa shape index (κ2) is 8.47. The number of amides is 2. The predicted octanol–water partition coefficient (Wildman–Crippen LogP) is 1.35. The predicted molar refractivity (Wildman–Crippen MR) is 112 cm³/mol. The molecule has 8 nitrogen and oxygen atoms in total. The van der Waals surface area contributed by atoms with Crippen molar-refractivity contribution in [3.8, 4) is 5.75 Å². The third-order valence-electron chi connectivity index (χ3n) is 5.85. The Hall–Kier alpha value is -2.87. The molecule has 3 heterocycles. The van der Waals surface area contributed by atoms with Crippen LogP contribution in [-0.2, 0) is 21.5 Å². The van der Waals surface area contributed by atoms with Crippen LogP contribution in [0.2, 0.25) is 0 Å². The molecule has 4 rings (SSSR count). The van der Waals surface area contributed by atoms with Crippen LogP contribution in [0, 0.1) is 0 Å². The molecule has 1 fully saturated rings. The van der Waals surface area contributed by atoms with Gasteiger partial charge in [0.15, 0.2) is 6.61 Å². The Morgan fingerprint density at radius 1 is 1.27 bits per heavy atom. The van der Waals surface area contributed by atoms with Crippen molar-refractivity contribution in [3.63, 3.8) is 0 Å². The van der Waals surface area contributed by atoms with Crippen LogP contribution < -0.4 is 15.4 Å². The van der Waals surface area contributed by atoms with E-state index in [1.807, 2.05) is 49.1 Å². The lowest BCUT2D eigenvalue weighted by Crippen LogP contribution is -2.62. The average Bonchev–Trinajstić information content (AvgIpc) is 3.23. The molecule has 1 spiro atoms. The smallest absolute Gasteiger partial charge is 0.260 e. The highest BCUT2D eigenvalue weighted by atomic mass is 16.5. The Bertz CT molecular complexity index is 887. The van der Waals surface area contributed by atoms with Crippen LogP contribution in [0.15, 0.2) is 36.7 Å². The minimum Gasteiger partial charge on any atom is -0.484 e. The van der Waals surface area contributed by atoms with Crippen molar-refractivity contribution in [1.82, 2.24) is 25.5 Å². The highest BCUT2D eigenvalue weighted by Crippen LogP contribution is 2.37. The number of benzene rings is 1. The van der Waals surface area contributed by atoms with Gasteiger partial charge in [0.1, 0.15) is 5.75 Å². The number of rotatable bonds is 5. The van der Waals surface area contributed by atoms with Gasteiger partial charge in [0.2, 0.25) is 5.91 Å². The number of aromatic amines is 1. The van der Waals surface area contributed by atoms with E-state index in [2.05, 4.69) is 20.6 Å². The zero-order valence-corrected chi connectivity index (χ0v) is 17.5. The van der Waals surface area contributed by atoms with Crippen LogP contribution >= 0.6 is 0 Å². The molecule has 0 saturated carbocycles. The van der Waals surface area contributed by atoms with Gasteiger partial charge in [0.25, 0.3) is 5.91 Å². The summed E-state index contributed by atoms with van der Waals surface area (Å²) < 4.78 is 5.61. The highest BCUT2D eigenvalue weighted by Gasteiger charge is 2.46. The number of hydrogen-bond donors (Lipinski definition) is 3. The molecule has 1 aromatic carbocycles. The van der Waals surface area contributed by atoms with Crippen molar-refractivity contribution in [2.75, 3.05) is 19.7 Å². The summed E-state index contributed by atoms with van der Waals surface area (Å²) in [5.74, 6) is 0.661. The van der Waals surface area contributed by atoms with E-state index in [1.54, 1.807) is 6.33 Å². The summed E-state index contributed by atoms with van der Waals surface area (Å²) in [6.07, 6.45) is 3.69. The maximum absolute atomic E-state index is 12.7. The first-order valence-electron chi connectivity index (χ1n) is 10.5. The van der Waals surface area contributed by atoms with E-state index < -0.39 is 5.54 Å². The van der Waals surface area contributed by atoms with Gasteiger partial charge in [-0.05, 0) is 38.8 Å². The number of nitrogens with zero attached hydrogens (tertiary/aromatic N) is 2. The lowest BCUT2D eigenvalue weighted by atomic mass is 9.78. The first-order valence-corrected chi connectivity index (χ1v) is 10.5. The average molecular weight is 412 g/mol. The molecule has 0 aliphatic carbocycles. The van der Waals surface area contributed by atoms with Gasteiger partial charge in [-0.1, -0.05) is 18.2 Å². The van der Waals surface area contributed by atoms with Crippen LogP contribution in [0.3, 0.4) is 0 Å². The van der Waals surface area contributed by atoms with Gasteiger partial charge in [-0.2, -0.15) is 0 Å². The first-order chi connectivity index (χ1) is 14.5. The fourth-order valence-corrected chi connectivity index (χ4v) is 4.36. The maximum atomic E-state index is 12.7. The van der Waals surface area contributed by atoms with Crippen molar-refractivity contribution in [1.29, 1.82) is 0 Å². The number of para-hydroxylation sites is 1. The van der Waals surface area contributed by atoms with Crippen molar-refractivity contribution in [3.05, 3.63) is 48.0 Å². The third kappa shape index (κ3) is 4.18. The van der Waals surface area contributed by atoms with Gasteiger partial charge in [0.05, 0.1) is 23.6 Å². The molecule has 0 unspecified atom stereocenters. The second-order valence-electron chi connectivity index (χ2n) is 8.36. The Balaban J connectivity index is 1.41. The molecular formula is C22H29N5O3.